The number of benzene rings is 1. The summed E-state index contributed by atoms with van der Waals surface area (Å²) in [5.41, 5.74) is 0.556. The Bertz CT molecular complexity index is 672. The van der Waals surface area contributed by atoms with Crippen LogP contribution < -0.4 is 4.72 Å². The third-order valence-electron chi connectivity index (χ3n) is 1.99. The Morgan fingerprint density at radius 3 is 2.44 bits per heavy atom. The molecule has 0 radical (unpaired) electrons. The van der Waals surface area contributed by atoms with Crippen molar-refractivity contribution in [2.75, 3.05) is 22.5 Å². The molecule has 0 bridgehead atoms. The molecular formula is C10H12N2O4S2. The van der Waals surface area contributed by atoms with Crippen LogP contribution in [0.5, 0.6) is 0 Å². The van der Waals surface area contributed by atoms with Crippen LogP contribution >= 0.6 is 0 Å². The molecule has 0 aliphatic rings. The van der Waals surface area contributed by atoms with E-state index in [-0.39, 0.29) is 5.69 Å². The Morgan fingerprint density at radius 1 is 1.22 bits per heavy atom. The lowest BCUT2D eigenvalue weighted by atomic mass is 10.2. The standard InChI is InChI=1S/C10H12N2O4S2/c1-17(13,14)5-6-18(15,16)12-10-4-2-3-9(7-10)8-11/h2-4,7,12H,5-6H2,1H3. The van der Waals surface area contributed by atoms with Crippen LogP contribution in [0, 0.1) is 11.3 Å². The van der Waals surface area contributed by atoms with Crippen LogP contribution in [0.3, 0.4) is 0 Å². The van der Waals surface area contributed by atoms with Gasteiger partial charge in [-0.25, -0.2) is 16.8 Å². The Morgan fingerprint density at radius 2 is 1.89 bits per heavy atom. The third-order valence-corrected chi connectivity index (χ3v) is 4.48. The summed E-state index contributed by atoms with van der Waals surface area (Å²) >= 11 is 0. The van der Waals surface area contributed by atoms with Crippen molar-refractivity contribution in [2.24, 2.45) is 0 Å². The molecule has 0 heterocycles. The van der Waals surface area contributed by atoms with Crippen LogP contribution in [-0.2, 0) is 19.9 Å². The molecule has 0 atom stereocenters. The van der Waals surface area contributed by atoms with Gasteiger partial charge < -0.3 is 0 Å². The van der Waals surface area contributed by atoms with Gasteiger partial charge in [0.2, 0.25) is 10.0 Å². The Balaban J connectivity index is 2.80. The summed E-state index contributed by atoms with van der Waals surface area (Å²) < 4.78 is 47.2. The minimum atomic E-state index is -3.73. The van der Waals surface area contributed by atoms with E-state index in [1.807, 2.05) is 6.07 Å². The Hall–Kier alpha value is -1.59. The summed E-state index contributed by atoms with van der Waals surface area (Å²) in [4.78, 5) is 0. The fourth-order valence-electron chi connectivity index (χ4n) is 1.14. The van der Waals surface area contributed by atoms with Crippen LogP contribution in [0.2, 0.25) is 0 Å². The molecule has 6 nitrogen and oxygen atoms in total. The van der Waals surface area contributed by atoms with Gasteiger partial charge in [-0.3, -0.25) is 4.72 Å². The van der Waals surface area contributed by atoms with Crippen molar-refractivity contribution in [3.05, 3.63) is 29.8 Å². The number of nitrogens with zero attached hydrogens (tertiary/aromatic N) is 1. The zero-order valence-corrected chi connectivity index (χ0v) is 11.3. The molecule has 0 saturated heterocycles. The first-order valence-corrected chi connectivity index (χ1v) is 8.61. The molecule has 0 spiro atoms. The number of hydrogen-bond donors (Lipinski definition) is 1. The number of hydrogen-bond acceptors (Lipinski definition) is 5. The summed E-state index contributed by atoms with van der Waals surface area (Å²) in [6.45, 7) is 0. The minimum absolute atomic E-state index is 0.238. The number of sulfonamides is 1. The summed E-state index contributed by atoms with van der Waals surface area (Å²) in [7, 11) is -7.07. The van der Waals surface area contributed by atoms with Gasteiger partial charge >= 0.3 is 0 Å². The fraction of sp³-hybridized carbons (Fsp3) is 0.300. The highest BCUT2D eigenvalue weighted by molar-refractivity contribution is 7.95. The van der Waals surface area contributed by atoms with Gasteiger partial charge in [-0.15, -0.1) is 0 Å². The molecule has 0 aliphatic carbocycles. The quantitative estimate of drug-likeness (QED) is 0.841. The van der Waals surface area contributed by atoms with Crippen LogP contribution in [0.15, 0.2) is 24.3 Å². The van der Waals surface area contributed by atoms with Crippen LogP contribution in [0.4, 0.5) is 5.69 Å². The molecule has 0 amide bonds. The summed E-state index contributed by atoms with van der Waals surface area (Å²) in [6.07, 6.45) is 0.971. The van der Waals surface area contributed by atoms with Gasteiger partial charge in [0.25, 0.3) is 0 Å². The van der Waals surface area contributed by atoms with Crippen molar-refractivity contribution in [1.29, 1.82) is 5.26 Å². The highest BCUT2D eigenvalue weighted by Gasteiger charge is 2.14. The first kappa shape index (κ1) is 14.5. The lowest BCUT2D eigenvalue weighted by Crippen LogP contribution is -2.22. The number of nitriles is 1. The molecule has 0 unspecified atom stereocenters. The Labute approximate surface area is 106 Å². The first-order chi connectivity index (χ1) is 8.22. The lowest BCUT2D eigenvalue weighted by Gasteiger charge is -2.07. The van der Waals surface area contributed by atoms with Crippen LogP contribution in [0.1, 0.15) is 5.56 Å². The second-order valence-corrected chi connectivity index (χ2v) is 7.85. The molecule has 18 heavy (non-hydrogen) atoms. The number of nitrogens with one attached hydrogen (secondary N) is 1. The minimum Gasteiger partial charge on any atom is -0.283 e. The van der Waals surface area contributed by atoms with Crippen molar-refractivity contribution in [2.45, 2.75) is 0 Å². The average molecular weight is 288 g/mol. The van der Waals surface area contributed by atoms with Crippen molar-refractivity contribution >= 4 is 25.5 Å². The van der Waals surface area contributed by atoms with Gasteiger partial charge in [0.1, 0.15) is 9.84 Å². The van der Waals surface area contributed by atoms with Crippen LogP contribution in [0.25, 0.3) is 0 Å². The van der Waals surface area contributed by atoms with E-state index in [1.165, 1.54) is 24.3 Å². The summed E-state index contributed by atoms with van der Waals surface area (Å²) in [6, 6.07) is 7.81. The van der Waals surface area contributed by atoms with Crippen molar-refractivity contribution < 1.29 is 16.8 Å². The molecule has 8 heteroatoms. The normalized spacial score (nSPS) is 11.8. The van der Waals surface area contributed by atoms with Gasteiger partial charge in [-0.2, -0.15) is 5.26 Å². The molecule has 1 aromatic rings. The van der Waals surface area contributed by atoms with Crippen LogP contribution in [-0.4, -0.2) is 34.6 Å². The number of anilines is 1. The van der Waals surface area contributed by atoms with Crippen molar-refractivity contribution in [3.8, 4) is 6.07 Å². The second-order valence-electron chi connectivity index (χ2n) is 3.74. The molecule has 98 valence electrons. The highest BCUT2D eigenvalue weighted by atomic mass is 32.2. The maximum atomic E-state index is 11.6. The molecule has 1 N–H and O–H groups in total. The lowest BCUT2D eigenvalue weighted by molar-refractivity contribution is 0.593. The van der Waals surface area contributed by atoms with Gasteiger partial charge in [0.15, 0.2) is 0 Å². The largest absolute Gasteiger partial charge is 0.283 e. The second kappa shape index (κ2) is 5.37. The van der Waals surface area contributed by atoms with E-state index in [9.17, 15) is 16.8 Å². The molecule has 0 saturated carbocycles. The van der Waals surface area contributed by atoms with Gasteiger partial charge in [-0.1, -0.05) is 6.07 Å². The number of sulfone groups is 1. The van der Waals surface area contributed by atoms with E-state index in [0.29, 0.717) is 5.56 Å². The molecule has 0 aliphatic heterocycles. The van der Waals surface area contributed by atoms with Crippen molar-refractivity contribution in [3.63, 3.8) is 0 Å². The van der Waals surface area contributed by atoms with E-state index in [4.69, 9.17) is 5.26 Å². The summed E-state index contributed by atoms with van der Waals surface area (Å²) in [5, 5.41) is 8.66. The molecule has 0 aromatic heterocycles. The van der Waals surface area contributed by atoms with Gasteiger partial charge in [0.05, 0.1) is 23.1 Å². The SMILES string of the molecule is CS(=O)(=O)CCS(=O)(=O)Nc1cccc(C#N)c1. The van der Waals surface area contributed by atoms with Crippen molar-refractivity contribution in [1.82, 2.24) is 0 Å². The van der Waals surface area contributed by atoms with Gasteiger partial charge in [-0.05, 0) is 18.2 Å². The molecule has 1 aromatic carbocycles. The van der Waals surface area contributed by atoms with E-state index in [2.05, 4.69) is 4.72 Å². The number of rotatable bonds is 5. The fourth-order valence-corrected chi connectivity index (χ4v) is 3.82. The zero-order chi connectivity index (χ0) is 13.8. The predicted molar refractivity (Wildman–Crippen MR) is 68.3 cm³/mol. The zero-order valence-electron chi connectivity index (χ0n) is 9.62. The van der Waals surface area contributed by atoms with E-state index in [1.54, 1.807) is 0 Å². The van der Waals surface area contributed by atoms with Gasteiger partial charge in [0, 0.05) is 11.9 Å². The summed E-state index contributed by atoms with van der Waals surface area (Å²) in [5.74, 6) is -0.955. The van der Waals surface area contributed by atoms with E-state index in [0.717, 1.165) is 6.26 Å². The van der Waals surface area contributed by atoms with E-state index < -0.39 is 31.4 Å². The smallest absolute Gasteiger partial charge is 0.233 e. The molecular weight excluding hydrogens is 276 g/mol. The average Bonchev–Trinajstić information content (AvgIpc) is 2.25. The third kappa shape index (κ3) is 5.16. The molecule has 1 rings (SSSR count). The maximum Gasteiger partial charge on any atom is 0.233 e. The van der Waals surface area contributed by atoms with E-state index >= 15 is 0 Å². The maximum absolute atomic E-state index is 11.6. The first-order valence-electron chi connectivity index (χ1n) is 4.90. The topological polar surface area (TPSA) is 104 Å². The molecule has 0 fully saturated rings. The Kier molecular flexibility index (Phi) is 4.32. The highest BCUT2D eigenvalue weighted by Crippen LogP contribution is 2.11. The predicted octanol–water partition coefficient (Wildman–Crippen LogP) is 0.345. The monoisotopic (exact) mass is 288 g/mol.